The number of hydrogen-bond acceptors (Lipinski definition) is 1. The first-order chi connectivity index (χ1) is 19.2. The molecule has 2 heterocycles. The molecule has 0 bridgehead atoms. The van der Waals surface area contributed by atoms with Crippen molar-refractivity contribution in [1.82, 2.24) is 9.38 Å². The molecular weight excluding hydrogens is 472 g/mol. The van der Waals surface area contributed by atoms with E-state index in [1.54, 1.807) is 0 Å². The number of pyridine rings is 1. The molecule has 0 aliphatic carbocycles. The van der Waals surface area contributed by atoms with Crippen molar-refractivity contribution in [3.05, 3.63) is 133 Å². The maximum absolute atomic E-state index is 4.80. The van der Waals surface area contributed by atoms with Crippen LogP contribution in [0.1, 0.15) is 11.1 Å². The summed E-state index contributed by atoms with van der Waals surface area (Å²) in [6.45, 7) is 4.45. The average Bonchev–Trinajstić information content (AvgIpc) is 3.41. The molecule has 0 spiro atoms. The summed E-state index contributed by atoms with van der Waals surface area (Å²) in [7, 11) is 0. The highest BCUT2D eigenvalue weighted by molar-refractivity contribution is 6.28. The quantitative estimate of drug-likeness (QED) is 0.222. The van der Waals surface area contributed by atoms with Crippen molar-refractivity contribution in [2.45, 2.75) is 13.8 Å². The summed E-state index contributed by atoms with van der Waals surface area (Å²) in [6, 6.07) is 39.8. The molecule has 2 heteroatoms. The number of benzene rings is 6. The molecule has 184 valence electrons. The molecule has 0 radical (unpaired) electrons. The lowest BCUT2D eigenvalue weighted by molar-refractivity contribution is 1.19. The molecule has 0 saturated heterocycles. The van der Waals surface area contributed by atoms with Crippen LogP contribution in [0.5, 0.6) is 0 Å². The lowest BCUT2D eigenvalue weighted by Gasteiger charge is -2.19. The maximum atomic E-state index is 4.80. The van der Waals surface area contributed by atoms with E-state index in [1.807, 2.05) is 24.4 Å². The first-order valence-electron chi connectivity index (χ1n) is 13.5. The minimum absolute atomic E-state index is 0.962. The van der Waals surface area contributed by atoms with Crippen LogP contribution in [0.2, 0.25) is 0 Å². The van der Waals surface area contributed by atoms with E-state index in [0.29, 0.717) is 0 Å². The van der Waals surface area contributed by atoms with Crippen molar-refractivity contribution in [2.24, 2.45) is 0 Å². The Morgan fingerprint density at radius 1 is 0.564 bits per heavy atom. The molecular formula is C37H26N2. The van der Waals surface area contributed by atoms with E-state index in [-0.39, 0.29) is 0 Å². The highest BCUT2D eigenvalue weighted by Crippen LogP contribution is 2.44. The van der Waals surface area contributed by atoms with Gasteiger partial charge in [0, 0.05) is 18.0 Å². The number of aromatic nitrogens is 2. The molecule has 0 aliphatic heterocycles. The second-order valence-corrected chi connectivity index (χ2v) is 10.6. The van der Waals surface area contributed by atoms with Gasteiger partial charge in [0.05, 0.1) is 5.69 Å². The zero-order valence-corrected chi connectivity index (χ0v) is 21.9. The normalized spacial score (nSPS) is 11.8. The fraction of sp³-hybridized carbons (Fsp3) is 0.0541. The number of hydrogen-bond donors (Lipinski definition) is 0. The van der Waals surface area contributed by atoms with Gasteiger partial charge in [-0.3, -0.25) is 0 Å². The van der Waals surface area contributed by atoms with Crippen LogP contribution >= 0.6 is 0 Å². The van der Waals surface area contributed by atoms with Crippen LogP contribution in [0.4, 0.5) is 0 Å². The van der Waals surface area contributed by atoms with Crippen LogP contribution in [0.25, 0.3) is 71.5 Å². The highest BCUT2D eigenvalue weighted by Gasteiger charge is 2.17. The van der Waals surface area contributed by atoms with E-state index in [4.69, 9.17) is 4.98 Å². The molecule has 8 aromatic rings. The van der Waals surface area contributed by atoms with Gasteiger partial charge >= 0.3 is 0 Å². The third-order valence-electron chi connectivity index (χ3n) is 8.25. The Labute approximate surface area is 227 Å². The second kappa shape index (κ2) is 8.28. The zero-order valence-electron chi connectivity index (χ0n) is 21.9. The lowest BCUT2D eigenvalue weighted by atomic mass is 9.84. The fourth-order valence-electron chi connectivity index (χ4n) is 6.38. The van der Waals surface area contributed by atoms with Gasteiger partial charge in [-0.05, 0) is 91.7 Å². The van der Waals surface area contributed by atoms with Crippen molar-refractivity contribution >= 4 is 38.0 Å². The minimum Gasteiger partial charge on any atom is -0.306 e. The SMILES string of the molecule is Cc1ccccc1-c1c(C)cc2ccc3c(-c4ccc(-c5cn6ccccc6n5)cc4)ccc4ccc1c2c43. The Bertz CT molecular complexity index is 2150. The number of imidazole rings is 1. The van der Waals surface area contributed by atoms with E-state index in [2.05, 4.69) is 115 Å². The topological polar surface area (TPSA) is 17.3 Å². The number of nitrogens with zero attached hydrogens (tertiary/aromatic N) is 2. The van der Waals surface area contributed by atoms with Crippen molar-refractivity contribution in [2.75, 3.05) is 0 Å². The third kappa shape index (κ3) is 3.31. The molecule has 0 aliphatic rings. The Morgan fingerprint density at radius 2 is 1.28 bits per heavy atom. The van der Waals surface area contributed by atoms with Crippen molar-refractivity contribution in [1.29, 1.82) is 0 Å². The predicted octanol–water partition coefficient (Wildman–Crippen LogP) is 9.85. The monoisotopic (exact) mass is 498 g/mol. The molecule has 2 aromatic heterocycles. The first-order valence-corrected chi connectivity index (χ1v) is 13.5. The van der Waals surface area contributed by atoms with Crippen LogP contribution in [-0.2, 0) is 0 Å². The van der Waals surface area contributed by atoms with E-state index in [1.165, 1.54) is 65.7 Å². The standard InChI is InChI=1S/C37H26N2/c1-23-7-3-4-8-29(23)35-24(2)21-28-16-18-31-30(17-14-27-15-19-32(35)37(28)36(27)31)25-10-12-26(13-11-25)33-22-39-20-6-5-9-34(39)38-33/h3-22H,1-2H3. The van der Waals surface area contributed by atoms with E-state index < -0.39 is 0 Å². The van der Waals surface area contributed by atoms with Crippen LogP contribution in [0, 0.1) is 13.8 Å². The summed E-state index contributed by atoms with van der Waals surface area (Å²) in [5.41, 5.74) is 10.8. The van der Waals surface area contributed by atoms with Crippen molar-refractivity contribution < 1.29 is 0 Å². The van der Waals surface area contributed by atoms with Gasteiger partial charge in [0.15, 0.2) is 0 Å². The van der Waals surface area contributed by atoms with Crippen molar-refractivity contribution in [3.8, 4) is 33.5 Å². The van der Waals surface area contributed by atoms with Crippen LogP contribution in [-0.4, -0.2) is 9.38 Å². The summed E-state index contributed by atoms with van der Waals surface area (Å²) in [4.78, 5) is 4.80. The summed E-state index contributed by atoms with van der Waals surface area (Å²) in [5, 5.41) is 7.92. The van der Waals surface area contributed by atoms with Crippen LogP contribution in [0.3, 0.4) is 0 Å². The van der Waals surface area contributed by atoms with Gasteiger partial charge in [-0.2, -0.15) is 0 Å². The summed E-state index contributed by atoms with van der Waals surface area (Å²) >= 11 is 0. The molecule has 0 N–H and O–H groups in total. The number of aryl methyl sites for hydroxylation is 2. The summed E-state index contributed by atoms with van der Waals surface area (Å²) in [5.74, 6) is 0. The number of fused-ring (bicyclic) bond motifs is 1. The molecule has 0 amide bonds. The molecule has 0 saturated carbocycles. The molecule has 0 unspecified atom stereocenters. The Balaban J connectivity index is 1.32. The van der Waals surface area contributed by atoms with Gasteiger partial charge in [-0.15, -0.1) is 0 Å². The number of rotatable bonds is 3. The minimum atomic E-state index is 0.962. The van der Waals surface area contributed by atoms with E-state index in [0.717, 1.165) is 16.9 Å². The lowest BCUT2D eigenvalue weighted by Crippen LogP contribution is -1.93. The van der Waals surface area contributed by atoms with Gasteiger partial charge in [0.1, 0.15) is 5.65 Å². The van der Waals surface area contributed by atoms with Crippen LogP contribution in [0.15, 0.2) is 122 Å². The largest absolute Gasteiger partial charge is 0.306 e. The average molecular weight is 499 g/mol. The molecule has 0 atom stereocenters. The van der Waals surface area contributed by atoms with Crippen molar-refractivity contribution in [3.63, 3.8) is 0 Å². The van der Waals surface area contributed by atoms with Gasteiger partial charge in [-0.25, -0.2) is 4.98 Å². The Hall–Kier alpha value is -4.95. The molecule has 6 aromatic carbocycles. The highest BCUT2D eigenvalue weighted by atomic mass is 15.0. The van der Waals surface area contributed by atoms with Gasteiger partial charge in [0.2, 0.25) is 0 Å². The molecule has 39 heavy (non-hydrogen) atoms. The summed E-state index contributed by atoms with van der Waals surface area (Å²) < 4.78 is 2.07. The Kier molecular flexibility index (Phi) is 4.68. The first kappa shape index (κ1) is 22.1. The fourth-order valence-corrected chi connectivity index (χ4v) is 6.38. The van der Waals surface area contributed by atoms with E-state index >= 15 is 0 Å². The third-order valence-corrected chi connectivity index (χ3v) is 8.25. The van der Waals surface area contributed by atoms with Crippen LogP contribution < -0.4 is 0 Å². The molecule has 8 rings (SSSR count). The molecule has 0 fully saturated rings. The smallest absolute Gasteiger partial charge is 0.137 e. The molecule has 2 nitrogen and oxygen atoms in total. The van der Waals surface area contributed by atoms with Gasteiger partial charge in [-0.1, -0.05) is 97.1 Å². The predicted molar refractivity (Wildman–Crippen MR) is 165 cm³/mol. The summed E-state index contributed by atoms with van der Waals surface area (Å²) in [6.07, 6.45) is 4.13. The second-order valence-electron chi connectivity index (χ2n) is 10.6. The van der Waals surface area contributed by atoms with E-state index in [9.17, 15) is 0 Å². The maximum Gasteiger partial charge on any atom is 0.137 e. The van der Waals surface area contributed by atoms with Gasteiger partial charge < -0.3 is 4.40 Å². The zero-order chi connectivity index (χ0) is 26.1. The Morgan fingerprint density at radius 3 is 2.13 bits per heavy atom. The van der Waals surface area contributed by atoms with Gasteiger partial charge in [0.25, 0.3) is 0 Å².